The fourth-order valence-electron chi connectivity index (χ4n) is 2.43. The van der Waals surface area contributed by atoms with Gasteiger partial charge in [-0.2, -0.15) is 0 Å². The van der Waals surface area contributed by atoms with Crippen LogP contribution < -0.4 is 0 Å². The summed E-state index contributed by atoms with van der Waals surface area (Å²) in [6.07, 6.45) is 6.16. The summed E-state index contributed by atoms with van der Waals surface area (Å²) in [5.74, 6) is -2.64. The molecule has 170 valence electrons. The summed E-state index contributed by atoms with van der Waals surface area (Å²) in [5, 5.41) is 0. The van der Waals surface area contributed by atoms with Crippen molar-refractivity contribution in [1.82, 2.24) is 14.8 Å². The Hall–Kier alpha value is -4.01. The molecule has 1 rings (SSSR count). The molecule has 0 spiro atoms. The molecule has 0 bridgehead atoms. The molecule has 0 N–H and O–H groups in total. The molecule has 0 unspecified atom stereocenters. The van der Waals surface area contributed by atoms with E-state index in [-0.39, 0.29) is 37.6 Å². The van der Waals surface area contributed by atoms with Crippen LogP contribution in [0.2, 0.25) is 0 Å². The van der Waals surface area contributed by atoms with Crippen molar-refractivity contribution in [1.29, 1.82) is 0 Å². The molecule has 0 radical (unpaired) electrons. The summed E-state index contributed by atoms with van der Waals surface area (Å²) in [7, 11) is 0. The predicted octanol–water partition coefficient (Wildman–Crippen LogP) is 1.80. The molecule has 0 aliphatic rings. The highest BCUT2D eigenvalue weighted by atomic mass is 16.5. The van der Waals surface area contributed by atoms with Crippen LogP contribution in [0.4, 0.5) is 0 Å². The third-order valence-corrected chi connectivity index (χ3v) is 3.92. The minimum atomic E-state index is -0.885. The van der Waals surface area contributed by atoms with Gasteiger partial charge in [-0.3, -0.25) is 9.59 Å². The van der Waals surface area contributed by atoms with E-state index in [0.717, 1.165) is 0 Å². The number of esters is 2. The van der Waals surface area contributed by atoms with Gasteiger partial charge in [0.15, 0.2) is 13.2 Å². The van der Waals surface area contributed by atoms with Gasteiger partial charge in [0.1, 0.15) is 11.4 Å². The Kier molecular flexibility index (Phi) is 11.4. The second-order valence-corrected chi connectivity index (χ2v) is 6.31. The monoisotopic (exact) mass is 441 g/mol. The van der Waals surface area contributed by atoms with Crippen LogP contribution >= 0.6 is 0 Å². The Morgan fingerprint density at radius 1 is 0.719 bits per heavy atom. The Labute approximate surface area is 187 Å². The largest absolute Gasteiger partial charge is 0.451 e. The van der Waals surface area contributed by atoms with Crippen molar-refractivity contribution in [2.75, 3.05) is 39.4 Å². The molecule has 2 amide bonds. The van der Waals surface area contributed by atoms with Crippen molar-refractivity contribution in [2.45, 2.75) is 0 Å². The number of nitrogens with zero attached hydrogens (tertiary/aromatic N) is 3. The second-order valence-electron chi connectivity index (χ2n) is 6.31. The number of ether oxygens (including phenoxy) is 2. The molecule has 9 nitrogen and oxygen atoms in total. The average molecular weight is 441 g/mol. The second kappa shape index (κ2) is 14.1. The molecular weight excluding hydrogens is 414 g/mol. The van der Waals surface area contributed by atoms with Gasteiger partial charge in [-0.05, 0) is 12.1 Å². The van der Waals surface area contributed by atoms with E-state index in [1.54, 1.807) is 24.3 Å². The number of pyridine rings is 1. The first kappa shape index (κ1) is 26.0. The maximum atomic E-state index is 12.2. The number of aromatic nitrogens is 1. The lowest BCUT2D eigenvalue weighted by atomic mass is 10.3. The first-order chi connectivity index (χ1) is 15.4. The lowest BCUT2D eigenvalue weighted by Gasteiger charge is -2.19. The SMILES string of the molecule is C=CCN(CC=C)C(=O)COC(=O)c1cccc(C(=O)OCC(=O)N(CC=C)CC=C)n1. The normalized spacial score (nSPS) is 9.75. The minimum Gasteiger partial charge on any atom is -0.451 e. The van der Waals surface area contributed by atoms with Crippen LogP contribution in [-0.4, -0.2) is 77.9 Å². The molecule has 1 aromatic rings. The van der Waals surface area contributed by atoms with Gasteiger partial charge in [0.05, 0.1) is 0 Å². The fourth-order valence-corrected chi connectivity index (χ4v) is 2.43. The molecule has 0 fully saturated rings. The first-order valence-corrected chi connectivity index (χ1v) is 9.68. The lowest BCUT2D eigenvalue weighted by Crippen LogP contribution is -2.35. The summed E-state index contributed by atoms with van der Waals surface area (Å²) in [4.78, 5) is 55.4. The molecule has 0 aromatic carbocycles. The number of carbonyl (C=O) groups is 4. The summed E-state index contributed by atoms with van der Waals surface area (Å²) in [6, 6.07) is 4.07. The summed E-state index contributed by atoms with van der Waals surface area (Å²) in [6.45, 7) is 14.4. The van der Waals surface area contributed by atoms with E-state index in [1.165, 1.54) is 28.0 Å². The topological polar surface area (TPSA) is 106 Å². The van der Waals surface area contributed by atoms with Gasteiger partial charge in [-0.15, -0.1) is 26.3 Å². The van der Waals surface area contributed by atoms with E-state index in [9.17, 15) is 19.2 Å². The number of hydrogen-bond donors (Lipinski definition) is 0. The maximum Gasteiger partial charge on any atom is 0.357 e. The van der Waals surface area contributed by atoms with Gasteiger partial charge in [0, 0.05) is 26.2 Å². The summed E-state index contributed by atoms with van der Waals surface area (Å²) in [5.41, 5.74) is -0.366. The Balaban J connectivity index is 2.71. The lowest BCUT2D eigenvalue weighted by molar-refractivity contribution is -0.134. The van der Waals surface area contributed by atoms with E-state index in [4.69, 9.17) is 9.47 Å². The van der Waals surface area contributed by atoms with Crippen LogP contribution in [0.5, 0.6) is 0 Å². The van der Waals surface area contributed by atoms with Crippen molar-refractivity contribution in [3.63, 3.8) is 0 Å². The first-order valence-electron chi connectivity index (χ1n) is 9.68. The van der Waals surface area contributed by atoms with Crippen LogP contribution in [0.3, 0.4) is 0 Å². The average Bonchev–Trinajstić information content (AvgIpc) is 2.80. The molecule has 0 aliphatic heterocycles. The van der Waals surface area contributed by atoms with Crippen molar-refractivity contribution in [3.05, 3.63) is 80.2 Å². The highest BCUT2D eigenvalue weighted by Crippen LogP contribution is 2.05. The molecule has 0 saturated carbocycles. The molecular formula is C23H27N3O6. The van der Waals surface area contributed by atoms with Crippen LogP contribution in [0.1, 0.15) is 21.0 Å². The van der Waals surface area contributed by atoms with Gasteiger partial charge >= 0.3 is 11.9 Å². The van der Waals surface area contributed by atoms with Crippen LogP contribution in [0.25, 0.3) is 0 Å². The molecule has 1 aromatic heterocycles. The van der Waals surface area contributed by atoms with E-state index < -0.39 is 37.0 Å². The van der Waals surface area contributed by atoms with Crippen molar-refractivity contribution in [2.24, 2.45) is 0 Å². The molecule has 0 saturated heterocycles. The quantitative estimate of drug-likeness (QED) is 0.320. The van der Waals surface area contributed by atoms with Crippen molar-refractivity contribution in [3.8, 4) is 0 Å². The molecule has 1 heterocycles. The smallest absolute Gasteiger partial charge is 0.357 e. The highest BCUT2D eigenvalue weighted by molar-refractivity contribution is 5.93. The van der Waals surface area contributed by atoms with Gasteiger partial charge < -0.3 is 19.3 Å². The standard InChI is InChI=1S/C23H27N3O6/c1-5-12-25(13-6-2)20(27)16-31-22(29)18-10-9-11-19(24-18)23(30)32-17-21(28)26(14-7-3)15-8-4/h5-11H,1-4,12-17H2. The predicted molar refractivity (Wildman–Crippen MR) is 119 cm³/mol. The number of hydrogen-bond acceptors (Lipinski definition) is 7. The minimum absolute atomic E-state index is 0.183. The van der Waals surface area contributed by atoms with E-state index >= 15 is 0 Å². The number of amides is 2. The third-order valence-electron chi connectivity index (χ3n) is 3.92. The van der Waals surface area contributed by atoms with Gasteiger partial charge in [-0.1, -0.05) is 30.4 Å². The zero-order chi connectivity index (χ0) is 23.9. The van der Waals surface area contributed by atoms with Crippen molar-refractivity contribution < 1.29 is 28.7 Å². The van der Waals surface area contributed by atoms with Crippen LogP contribution in [0, 0.1) is 0 Å². The van der Waals surface area contributed by atoms with Crippen LogP contribution in [0.15, 0.2) is 68.8 Å². The summed E-state index contributed by atoms with van der Waals surface area (Å²) >= 11 is 0. The van der Waals surface area contributed by atoms with Gasteiger partial charge in [0.25, 0.3) is 11.8 Å². The maximum absolute atomic E-state index is 12.2. The number of rotatable bonds is 14. The Bertz CT molecular complexity index is 793. The zero-order valence-electron chi connectivity index (χ0n) is 17.9. The van der Waals surface area contributed by atoms with E-state index in [2.05, 4.69) is 31.3 Å². The Morgan fingerprint density at radius 3 is 1.38 bits per heavy atom. The van der Waals surface area contributed by atoms with E-state index in [1.807, 2.05) is 0 Å². The van der Waals surface area contributed by atoms with Gasteiger partial charge in [0.2, 0.25) is 0 Å². The third kappa shape index (κ3) is 8.39. The van der Waals surface area contributed by atoms with Crippen LogP contribution in [-0.2, 0) is 19.1 Å². The molecule has 9 heteroatoms. The molecule has 32 heavy (non-hydrogen) atoms. The summed E-state index contributed by atoms with van der Waals surface area (Å²) < 4.78 is 9.98. The highest BCUT2D eigenvalue weighted by Gasteiger charge is 2.19. The van der Waals surface area contributed by atoms with Gasteiger partial charge in [-0.25, -0.2) is 14.6 Å². The van der Waals surface area contributed by atoms with E-state index in [0.29, 0.717) is 0 Å². The molecule has 0 atom stereocenters. The fraction of sp³-hybridized carbons (Fsp3) is 0.261. The number of carbonyl (C=O) groups excluding carboxylic acids is 4. The molecule has 0 aliphatic carbocycles. The Morgan fingerprint density at radius 2 is 1.06 bits per heavy atom. The van der Waals surface area contributed by atoms with Crippen molar-refractivity contribution >= 4 is 23.8 Å². The zero-order valence-corrected chi connectivity index (χ0v) is 17.9.